The minimum Gasteiger partial charge on any atom is -1.00 e. The van der Waals surface area contributed by atoms with Crippen molar-refractivity contribution in [2.45, 2.75) is 11.0 Å². The predicted octanol–water partition coefficient (Wildman–Crippen LogP) is -0.603. The molecule has 1 aliphatic heterocycles. The van der Waals surface area contributed by atoms with Crippen molar-refractivity contribution in [1.82, 2.24) is 0 Å². The molecule has 0 saturated carbocycles. The molecule has 5 heteroatoms. The molecule has 2 unspecified atom stereocenters. The van der Waals surface area contributed by atoms with Crippen molar-refractivity contribution in [2.24, 2.45) is 0 Å². The molecule has 2 aromatic rings. The van der Waals surface area contributed by atoms with E-state index < -0.39 is 23.2 Å². The van der Waals surface area contributed by atoms with Gasteiger partial charge in [0.25, 0.3) is 0 Å². The van der Waals surface area contributed by atoms with Gasteiger partial charge < -0.3 is 24.8 Å². The Kier molecular flexibility index (Phi) is 4.96. The first-order chi connectivity index (χ1) is 10.3. The molecule has 5 rings (SSSR count). The third kappa shape index (κ3) is 2.53. The van der Waals surface area contributed by atoms with Gasteiger partial charge in [-0.2, -0.15) is 0 Å². The van der Waals surface area contributed by atoms with Crippen LogP contribution < -0.4 is 24.8 Å². The van der Waals surface area contributed by atoms with Crippen molar-refractivity contribution in [3.63, 3.8) is 0 Å². The second-order valence-corrected chi connectivity index (χ2v) is 12.3. The molecule has 2 atom stereocenters. The first-order valence-corrected chi connectivity index (χ1v) is 10.9. The normalized spacial score (nSPS) is 24.6. The molecule has 0 amide bonds. The summed E-state index contributed by atoms with van der Waals surface area (Å²) in [6.07, 6.45) is 6.98. The van der Waals surface area contributed by atoms with Crippen LogP contribution in [-0.4, -0.2) is 0 Å². The fourth-order valence-electron chi connectivity index (χ4n) is 3.48. The maximum Gasteiger partial charge on any atom is -1.00 e. The van der Waals surface area contributed by atoms with Gasteiger partial charge in [0.05, 0.1) is 0 Å². The second-order valence-electron chi connectivity index (χ2n) is 5.62. The number of fused-ring (bicyclic) bond motifs is 2. The van der Waals surface area contributed by atoms with Crippen LogP contribution in [0, 0.1) is 0 Å². The van der Waals surface area contributed by atoms with Gasteiger partial charge in [-0.15, -0.1) is 0 Å². The standard InChI is InChI=1S/C18H11ClS.2ClH.Zr/c19-14-10-13-5-3-7-17(16(13)11-14)20-18-9-8-12-4-1-2-6-15(12)18;;;/h1-11H;2*1H;/q;;;+2/p-2. The van der Waals surface area contributed by atoms with Crippen LogP contribution in [0.25, 0.3) is 12.2 Å². The van der Waals surface area contributed by atoms with E-state index >= 15 is 0 Å². The third-order valence-corrected chi connectivity index (χ3v) is 12.3. The minimum absolute atomic E-state index is 0. The van der Waals surface area contributed by atoms with Crippen LogP contribution in [0.4, 0.5) is 0 Å². The van der Waals surface area contributed by atoms with E-state index in [2.05, 4.69) is 72.5 Å². The number of hydrogen-bond donors (Lipinski definition) is 0. The molecule has 0 aromatic heterocycles. The summed E-state index contributed by atoms with van der Waals surface area (Å²) in [5.74, 6) is 0. The predicted molar refractivity (Wildman–Crippen MR) is 86.0 cm³/mol. The van der Waals surface area contributed by atoms with Gasteiger partial charge in [0.15, 0.2) is 0 Å². The van der Waals surface area contributed by atoms with E-state index in [1.807, 2.05) is 0 Å². The molecular weight excluding hydrogens is 446 g/mol. The summed E-state index contributed by atoms with van der Waals surface area (Å²) in [6, 6.07) is 15.6. The van der Waals surface area contributed by atoms with Crippen LogP contribution in [-0.2, 0) is 25.7 Å². The second kappa shape index (κ2) is 6.39. The summed E-state index contributed by atoms with van der Waals surface area (Å²) < 4.78 is 0.708. The Bertz CT molecular complexity index is 846. The summed E-state index contributed by atoms with van der Waals surface area (Å²) >= 11 is 7.85. The van der Waals surface area contributed by atoms with Gasteiger partial charge in [-0.1, -0.05) is 0 Å². The molecule has 23 heavy (non-hydrogen) atoms. The first-order valence-electron chi connectivity index (χ1n) is 7.02. The van der Waals surface area contributed by atoms with E-state index in [0.717, 1.165) is 5.03 Å². The number of halogens is 3. The number of thioether (sulfide) groups is 1. The fraction of sp³-hybridized carbons (Fsp3) is 0.111. The van der Waals surface area contributed by atoms with E-state index in [9.17, 15) is 0 Å². The van der Waals surface area contributed by atoms with Gasteiger partial charge in [0, 0.05) is 0 Å². The molecule has 1 heterocycles. The van der Waals surface area contributed by atoms with Crippen LogP contribution in [0.15, 0.2) is 58.5 Å². The van der Waals surface area contributed by atoms with E-state index in [1.165, 1.54) is 27.1 Å². The Balaban J connectivity index is 0.000000781. The number of rotatable bonds is 0. The van der Waals surface area contributed by atoms with Gasteiger partial charge in [-0.25, -0.2) is 0 Å². The Labute approximate surface area is 169 Å². The quantitative estimate of drug-likeness (QED) is 0.510. The zero-order valence-electron chi connectivity index (χ0n) is 11.9. The van der Waals surface area contributed by atoms with Crippen LogP contribution in [0.3, 0.4) is 0 Å². The van der Waals surface area contributed by atoms with Crippen molar-refractivity contribution < 1.29 is 48.0 Å². The fourth-order valence-corrected chi connectivity index (χ4v) is 11.2. The van der Waals surface area contributed by atoms with Gasteiger partial charge in [-0.05, 0) is 0 Å². The Morgan fingerprint density at radius 1 is 1.04 bits per heavy atom. The van der Waals surface area contributed by atoms with Crippen LogP contribution in [0.5, 0.6) is 0 Å². The third-order valence-electron chi connectivity index (χ3n) is 4.46. The van der Waals surface area contributed by atoms with Crippen LogP contribution >= 0.6 is 23.4 Å². The summed E-state index contributed by atoms with van der Waals surface area (Å²) in [6.45, 7) is 0. The molecule has 0 saturated heterocycles. The van der Waals surface area contributed by atoms with Crippen molar-refractivity contribution in [2.75, 3.05) is 0 Å². The monoisotopic (exact) mass is 454 g/mol. The number of allylic oxidation sites excluding steroid dienone is 1. The average molecular weight is 457 g/mol. The minimum atomic E-state index is -0.823. The van der Waals surface area contributed by atoms with Crippen LogP contribution in [0.1, 0.15) is 25.9 Å². The van der Waals surface area contributed by atoms with Crippen molar-refractivity contribution >= 4 is 35.5 Å². The van der Waals surface area contributed by atoms with E-state index in [0.29, 0.717) is 3.63 Å². The molecule has 0 radical (unpaired) electrons. The zero-order valence-corrected chi connectivity index (χ0v) is 17.4. The Morgan fingerprint density at radius 2 is 1.87 bits per heavy atom. The maximum atomic E-state index is 6.61. The zero-order chi connectivity index (χ0) is 14.0. The van der Waals surface area contributed by atoms with Crippen molar-refractivity contribution in [3.8, 4) is 0 Å². The summed E-state index contributed by atoms with van der Waals surface area (Å²) in [7, 11) is 0. The van der Waals surface area contributed by atoms with Crippen molar-refractivity contribution in [1.29, 1.82) is 0 Å². The molecule has 0 fully saturated rings. The molecule has 1 spiro atoms. The summed E-state index contributed by atoms with van der Waals surface area (Å²) in [5, 5.41) is 1.07. The Morgan fingerprint density at radius 3 is 2.74 bits per heavy atom. The smallest absolute Gasteiger partial charge is 1.00 e. The number of hydrogen-bond acceptors (Lipinski definition) is 1. The largest absolute Gasteiger partial charge is 1.00 e. The molecular formula is C18H11Cl3SZr. The Hall–Kier alpha value is 0.0231. The van der Waals surface area contributed by atoms with Gasteiger partial charge in [-0.3, -0.25) is 0 Å². The SMILES string of the molecule is ClC1=Cc2c3cccc2[CH]1[Zr+2][C]1(C=Cc2ccccc21)S3.[Cl-].[Cl-]. The van der Waals surface area contributed by atoms with Crippen molar-refractivity contribution in [3.05, 3.63) is 75.8 Å². The molecule has 4 bridgehead atoms. The van der Waals surface area contributed by atoms with E-state index in [1.54, 1.807) is 0 Å². The molecule has 0 nitrogen and oxygen atoms in total. The summed E-state index contributed by atoms with van der Waals surface area (Å²) in [5.41, 5.74) is 5.76. The average Bonchev–Trinajstić information content (AvgIpc) is 2.99. The molecule has 2 aromatic carbocycles. The maximum absolute atomic E-state index is 6.61. The van der Waals surface area contributed by atoms with Crippen LogP contribution in [0.2, 0.25) is 0 Å². The van der Waals surface area contributed by atoms with Gasteiger partial charge >= 0.3 is 146 Å². The molecule has 114 valence electrons. The summed E-state index contributed by atoms with van der Waals surface area (Å²) in [4.78, 5) is 1.40. The molecule has 0 N–H and O–H groups in total. The topological polar surface area (TPSA) is 0 Å². The van der Waals surface area contributed by atoms with E-state index in [4.69, 9.17) is 11.6 Å². The van der Waals surface area contributed by atoms with E-state index in [-0.39, 0.29) is 27.3 Å². The van der Waals surface area contributed by atoms with Gasteiger partial charge in [0.2, 0.25) is 0 Å². The first kappa shape index (κ1) is 17.8. The molecule has 3 aliphatic rings. The van der Waals surface area contributed by atoms with Gasteiger partial charge in [0.1, 0.15) is 0 Å². The molecule has 2 aliphatic carbocycles. The number of benzene rings is 2.